The molecule has 2 saturated heterocycles. The van der Waals surface area contributed by atoms with Gasteiger partial charge in [0, 0.05) is 12.2 Å². The van der Waals surface area contributed by atoms with E-state index >= 15 is 0 Å². The fourth-order valence-electron chi connectivity index (χ4n) is 3.97. The van der Waals surface area contributed by atoms with Crippen LogP contribution in [0.1, 0.15) is 39.7 Å². The van der Waals surface area contributed by atoms with Crippen molar-refractivity contribution >= 4 is 29.3 Å². The minimum atomic E-state index is -0.346. The molecule has 0 aliphatic carbocycles. The van der Waals surface area contributed by atoms with Gasteiger partial charge in [-0.3, -0.25) is 14.6 Å². The summed E-state index contributed by atoms with van der Waals surface area (Å²) in [4.78, 5) is 29.1. The lowest BCUT2D eigenvalue weighted by molar-refractivity contribution is -0.115. The lowest BCUT2D eigenvalue weighted by Gasteiger charge is -2.26. The van der Waals surface area contributed by atoms with Crippen molar-refractivity contribution in [2.45, 2.75) is 25.1 Å². The molecule has 2 heterocycles. The molecule has 4 rings (SSSR count). The zero-order valence-electron chi connectivity index (χ0n) is 17.0. The second kappa shape index (κ2) is 9.18. The van der Waals surface area contributed by atoms with Crippen LogP contribution in [0.4, 0.5) is 10.1 Å². The number of carbonyl (C=O) groups excluding carboxylic acids is 2. The number of likely N-dealkylation sites (tertiary alicyclic amines) is 1. The van der Waals surface area contributed by atoms with E-state index in [9.17, 15) is 14.0 Å². The molecule has 30 heavy (non-hydrogen) atoms. The summed E-state index contributed by atoms with van der Waals surface area (Å²) in [6, 6.07) is 11.5. The van der Waals surface area contributed by atoms with Crippen LogP contribution in [0.25, 0.3) is 0 Å². The highest BCUT2D eigenvalue weighted by molar-refractivity contribution is 8.00. The molecule has 0 radical (unpaired) electrons. The van der Waals surface area contributed by atoms with E-state index in [1.165, 1.54) is 36.7 Å². The second-order valence-electron chi connectivity index (χ2n) is 7.66. The van der Waals surface area contributed by atoms with E-state index in [0.29, 0.717) is 17.9 Å². The van der Waals surface area contributed by atoms with Crippen LogP contribution in [0.5, 0.6) is 0 Å². The minimum absolute atomic E-state index is 0.00151. The normalized spacial score (nSPS) is 19.5. The molecule has 1 amide bonds. The Hall–Kier alpha value is -2.38. The van der Waals surface area contributed by atoms with Crippen molar-refractivity contribution in [2.24, 2.45) is 0 Å². The summed E-state index contributed by atoms with van der Waals surface area (Å²) in [6.07, 6.45) is 2.42. The van der Waals surface area contributed by atoms with Crippen molar-refractivity contribution in [1.82, 2.24) is 4.90 Å². The van der Waals surface area contributed by atoms with Crippen LogP contribution in [-0.2, 0) is 9.53 Å². The van der Waals surface area contributed by atoms with E-state index in [2.05, 4.69) is 4.90 Å². The monoisotopic (exact) mass is 428 g/mol. The number of thioether (sulfide) groups is 1. The lowest BCUT2D eigenvalue weighted by atomic mass is 10.1. The maximum Gasteiger partial charge on any atom is 0.338 e. The molecule has 2 fully saturated rings. The molecule has 1 unspecified atom stereocenters. The first-order valence-electron chi connectivity index (χ1n) is 10.2. The second-order valence-corrected chi connectivity index (χ2v) is 8.73. The number of amides is 1. The number of halogens is 1. The Bertz CT molecular complexity index is 929. The Kier molecular flexibility index (Phi) is 6.39. The Labute approximate surface area is 180 Å². The molecule has 2 aromatic rings. The summed E-state index contributed by atoms with van der Waals surface area (Å²) in [6.45, 7) is 5.18. The van der Waals surface area contributed by atoms with Crippen LogP contribution < -0.4 is 4.90 Å². The van der Waals surface area contributed by atoms with Crippen molar-refractivity contribution in [3.63, 3.8) is 0 Å². The SMILES string of the molecule is Cc1cc(C(=O)OCCN2CCCC2)ccc1N1C(=O)CSC1c1ccc(F)cc1. The number of benzene rings is 2. The zero-order valence-corrected chi connectivity index (χ0v) is 17.8. The largest absolute Gasteiger partial charge is 0.461 e. The van der Waals surface area contributed by atoms with Crippen molar-refractivity contribution in [1.29, 1.82) is 0 Å². The van der Waals surface area contributed by atoms with Crippen LogP contribution in [-0.4, -0.2) is 48.8 Å². The van der Waals surface area contributed by atoms with Crippen LogP contribution in [0.15, 0.2) is 42.5 Å². The number of nitrogens with zero attached hydrogens (tertiary/aromatic N) is 2. The van der Waals surface area contributed by atoms with E-state index in [1.54, 1.807) is 35.2 Å². The molecule has 0 aromatic heterocycles. The molecule has 1 atom stereocenters. The third-order valence-electron chi connectivity index (χ3n) is 5.55. The Morgan fingerprint density at radius 2 is 1.90 bits per heavy atom. The van der Waals surface area contributed by atoms with E-state index in [-0.39, 0.29) is 23.1 Å². The molecule has 0 bridgehead atoms. The van der Waals surface area contributed by atoms with Gasteiger partial charge in [0.05, 0.1) is 11.3 Å². The lowest BCUT2D eigenvalue weighted by Crippen LogP contribution is -2.28. The number of carbonyl (C=O) groups is 2. The standard InChI is InChI=1S/C23H25FN2O3S/c1-16-14-18(23(28)29-13-12-25-10-2-3-11-25)6-9-20(16)26-21(27)15-30-22(26)17-4-7-19(24)8-5-17/h4-9,14,22H,2-3,10-13,15H2,1H3. The number of hydrogen-bond donors (Lipinski definition) is 0. The number of aryl methyl sites for hydroxylation is 1. The minimum Gasteiger partial charge on any atom is -0.461 e. The van der Waals surface area contributed by atoms with Gasteiger partial charge in [0.2, 0.25) is 5.91 Å². The smallest absolute Gasteiger partial charge is 0.338 e. The quantitative estimate of drug-likeness (QED) is 0.647. The summed E-state index contributed by atoms with van der Waals surface area (Å²) in [5.41, 5.74) is 2.94. The number of hydrogen-bond acceptors (Lipinski definition) is 5. The van der Waals surface area contributed by atoms with Gasteiger partial charge in [-0.1, -0.05) is 12.1 Å². The summed E-state index contributed by atoms with van der Waals surface area (Å²) >= 11 is 1.51. The molecule has 0 N–H and O–H groups in total. The molecule has 0 saturated carbocycles. The van der Waals surface area contributed by atoms with Gasteiger partial charge in [0.15, 0.2) is 0 Å². The maximum atomic E-state index is 13.3. The van der Waals surface area contributed by atoms with Crippen LogP contribution in [0.3, 0.4) is 0 Å². The number of anilines is 1. The molecule has 2 aromatic carbocycles. The molecule has 7 heteroatoms. The van der Waals surface area contributed by atoms with Crippen molar-refractivity contribution in [3.8, 4) is 0 Å². The maximum absolute atomic E-state index is 13.3. The van der Waals surface area contributed by atoms with Crippen LogP contribution >= 0.6 is 11.8 Å². The first kappa shape index (κ1) is 20.9. The molecule has 0 spiro atoms. The van der Waals surface area contributed by atoms with Gasteiger partial charge >= 0.3 is 5.97 Å². The molecule has 5 nitrogen and oxygen atoms in total. The van der Waals surface area contributed by atoms with Gasteiger partial charge < -0.3 is 4.74 Å². The van der Waals surface area contributed by atoms with Crippen molar-refractivity contribution < 1.29 is 18.7 Å². The van der Waals surface area contributed by atoms with E-state index in [0.717, 1.165) is 36.4 Å². The summed E-state index contributed by atoms with van der Waals surface area (Å²) in [5.74, 6) is -0.287. The number of ether oxygens (including phenoxy) is 1. The van der Waals surface area contributed by atoms with Crippen molar-refractivity contribution in [2.75, 3.05) is 36.9 Å². The zero-order chi connectivity index (χ0) is 21.1. The number of rotatable bonds is 6. The van der Waals surface area contributed by atoms with Crippen LogP contribution in [0, 0.1) is 12.7 Å². The van der Waals surface area contributed by atoms with Crippen LogP contribution in [0.2, 0.25) is 0 Å². The molecule has 2 aliphatic rings. The van der Waals surface area contributed by atoms with Gasteiger partial charge in [0.25, 0.3) is 0 Å². The highest BCUT2D eigenvalue weighted by Gasteiger charge is 2.35. The topological polar surface area (TPSA) is 49.9 Å². The van der Waals surface area contributed by atoms with Gasteiger partial charge in [0.1, 0.15) is 17.8 Å². The van der Waals surface area contributed by atoms with Gasteiger partial charge in [-0.25, -0.2) is 9.18 Å². The fraction of sp³-hybridized carbons (Fsp3) is 0.391. The Balaban J connectivity index is 1.46. The van der Waals surface area contributed by atoms with E-state index in [1.807, 2.05) is 6.92 Å². The molecular formula is C23H25FN2O3S. The van der Waals surface area contributed by atoms with E-state index in [4.69, 9.17) is 4.74 Å². The highest BCUT2D eigenvalue weighted by atomic mass is 32.2. The predicted molar refractivity (Wildman–Crippen MR) is 116 cm³/mol. The first-order chi connectivity index (χ1) is 14.5. The average Bonchev–Trinajstić information content (AvgIpc) is 3.38. The Morgan fingerprint density at radius 1 is 1.17 bits per heavy atom. The number of esters is 1. The van der Waals surface area contributed by atoms with E-state index < -0.39 is 0 Å². The highest BCUT2D eigenvalue weighted by Crippen LogP contribution is 2.42. The summed E-state index contributed by atoms with van der Waals surface area (Å²) in [5, 5.41) is -0.213. The molecular weight excluding hydrogens is 403 g/mol. The summed E-state index contributed by atoms with van der Waals surface area (Å²) < 4.78 is 18.7. The third kappa shape index (κ3) is 4.52. The Morgan fingerprint density at radius 3 is 2.60 bits per heavy atom. The van der Waals surface area contributed by atoms with Gasteiger partial charge in [-0.05, 0) is 74.3 Å². The van der Waals surface area contributed by atoms with Crippen molar-refractivity contribution in [3.05, 3.63) is 65.0 Å². The molecule has 2 aliphatic heterocycles. The van der Waals surface area contributed by atoms with Gasteiger partial charge in [-0.2, -0.15) is 0 Å². The predicted octanol–water partition coefficient (Wildman–Crippen LogP) is 4.17. The molecule has 158 valence electrons. The fourth-order valence-corrected chi connectivity index (χ4v) is 5.14. The van der Waals surface area contributed by atoms with Gasteiger partial charge in [-0.15, -0.1) is 11.8 Å². The first-order valence-corrected chi connectivity index (χ1v) is 11.3. The summed E-state index contributed by atoms with van der Waals surface area (Å²) in [7, 11) is 0. The third-order valence-corrected chi connectivity index (χ3v) is 6.77. The average molecular weight is 429 g/mol.